The van der Waals surface area contributed by atoms with Gasteiger partial charge in [-0.3, -0.25) is 19.4 Å². The lowest BCUT2D eigenvalue weighted by molar-refractivity contribution is -0.151. The molecule has 0 spiro atoms. The van der Waals surface area contributed by atoms with Crippen molar-refractivity contribution in [2.75, 3.05) is 18.0 Å². The van der Waals surface area contributed by atoms with Crippen molar-refractivity contribution in [3.63, 3.8) is 0 Å². The Labute approximate surface area is 230 Å². The first-order valence-corrected chi connectivity index (χ1v) is 14.6. The van der Waals surface area contributed by atoms with Gasteiger partial charge < -0.3 is 25.9 Å². The molecule has 0 aromatic carbocycles. The molecule has 38 heavy (non-hydrogen) atoms. The van der Waals surface area contributed by atoms with Gasteiger partial charge in [0.1, 0.15) is 22.3 Å². The van der Waals surface area contributed by atoms with Crippen LogP contribution in [-0.4, -0.2) is 82.4 Å². The number of rotatable bonds is 9. The highest BCUT2D eigenvalue weighted by molar-refractivity contribution is 8.06. The van der Waals surface area contributed by atoms with Crippen LogP contribution < -0.4 is 11.1 Å². The zero-order valence-corrected chi connectivity index (χ0v) is 22.5. The van der Waals surface area contributed by atoms with Crippen molar-refractivity contribution in [1.29, 1.82) is 0 Å². The molecule has 0 bridgehead atoms. The van der Waals surface area contributed by atoms with Crippen molar-refractivity contribution >= 4 is 69.8 Å². The van der Waals surface area contributed by atoms with Crippen molar-refractivity contribution < 1.29 is 24.3 Å². The molecule has 3 fully saturated rings. The number of hydrogen-bond acceptors (Lipinski definition) is 12. The maximum atomic E-state index is 13.2. The van der Waals surface area contributed by atoms with E-state index in [-0.39, 0.29) is 41.0 Å². The van der Waals surface area contributed by atoms with E-state index >= 15 is 0 Å². The fourth-order valence-corrected chi connectivity index (χ4v) is 7.47. The normalized spacial score (nSPS) is 25.7. The summed E-state index contributed by atoms with van der Waals surface area (Å²) in [4.78, 5) is 53.6. The summed E-state index contributed by atoms with van der Waals surface area (Å²) in [5.74, 6) is -1.73. The Kier molecular flexibility index (Phi) is 7.85. The van der Waals surface area contributed by atoms with Gasteiger partial charge in [-0.2, -0.15) is 9.36 Å². The quantitative estimate of drug-likeness (QED) is 0.226. The van der Waals surface area contributed by atoms with Crippen LogP contribution in [0.2, 0.25) is 0 Å². The molecule has 1 saturated carbocycles. The monoisotopic (exact) mass is 575 g/mol. The van der Waals surface area contributed by atoms with E-state index in [1.54, 1.807) is 29.9 Å². The van der Waals surface area contributed by atoms with Gasteiger partial charge in [-0.25, -0.2) is 0 Å². The van der Waals surface area contributed by atoms with Gasteiger partial charge in [0.15, 0.2) is 5.13 Å². The molecule has 0 radical (unpaired) electrons. The fourth-order valence-electron chi connectivity index (χ4n) is 4.37. The molecule has 1 aliphatic carbocycles. The van der Waals surface area contributed by atoms with Gasteiger partial charge in [-0.15, -0.1) is 23.5 Å². The fraction of sp³-hybridized carbons (Fsp3) is 0.435. The van der Waals surface area contributed by atoms with Crippen LogP contribution in [0.25, 0.3) is 6.08 Å². The van der Waals surface area contributed by atoms with Crippen LogP contribution in [0, 0.1) is 0 Å². The van der Waals surface area contributed by atoms with Gasteiger partial charge >= 0.3 is 5.97 Å². The van der Waals surface area contributed by atoms with E-state index < -0.39 is 28.0 Å². The second-order valence-corrected chi connectivity index (χ2v) is 12.2. The summed E-state index contributed by atoms with van der Waals surface area (Å²) >= 11 is 3.40. The minimum Gasteiger partial charge on any atom is -0.480 e. The summed E-state index contributed by atoms with van der Waals surface area (Å²) in [6.07, 6.45) is 8.79. The number of oxime groups is 1. The number of pyridine rings is 1. The average molecular weight is 576 g/mol. The molecule has 4 N–H and O–H groups in total. The maximum absolute atomic E-state index is 13.2. The van der Waals surface area contributed by atoms with Crippen molar-refractivity contribution in [1.82, 2.24) is 24.6 Å². The molecular formula is C23H25N7O5S3. The Hall–Kier alpha value is -3.17. The van der Waals surface area contributed by atoms with Gasteiger partial charge in [0.05, 0.1) is 0 Å². The third-order valence-electron chi connectivity index (χ3n) is 6.43. The first kappa shape index (κ1) is 26.4. The molecule has 3 atom stereocenters. The van der Waals surface area contributed by atoms with E-state index in [2.05, 4.69) is 24.8 Å². The Balaban J connectivity index is 1.25. The summed E-state index contributed by atoms with van der Waals surface area (Å²) in [6.45, 7) is 0.0170. The van der Waals surface area contributed by atoms with E-state index in [0.717, 1.165) is 54.5 Å². The smallest absolute Gasteiger partial charge is 0.322 e. The minimum absolute atomic E-state index is 0.0170. The number of nitrogens with one attached hydrogen (secondary N) is 1. The topological polar surface area (TPSA) is 173 Å². The summed E-state index contributed by atoms with van der Waals surface area (Å²) < 4.78 is 2.86. The number of nitrogen functional groups attached to an aromatic ring is 1. The number of amides is 2. The Morgan fingerprint density at radius 2 is 2.18 bits per heavy atom. The highest BCUT2D eigenvalue weighted by Crippen LogP contribution is 2.44. The van der Waals surface area contributed by atoms with E-state index in [0.29, 0.717) is 0 Å². The number of anilines is 1. The van der Waals surface area contributed by atoms with Crippen LogP contribution in [0.1, 0.15) is 37.1 Å². The van der Waals surface area contributed by atoms with Gasteiger partial charge in [-0.1, -0.05) is 11.2 Å². The van der Waals surface area contributed by atoms with Crippen molar-refractivity contribution in [2.45, 2.75) is 47.9 Å². The zero-order chi connectivity index (χ0) is 26.7. The standard InChI is InChI=1S/C23H25N7O5S3/c24-22-27-17(29-38-22)15(28-35-14-5-1-2-6-14)18(31)26-16-19(32)30-11-23(21(33)34,12-36-20(16)30)37-9-7-13-4-3-8-25-10-13/h3-4,7-10,14,16,20H,1-2,5-6,11-12H2,(H,26,31)(H,33,34)(H2,24,27,29)/t16?,20-,23?/m1/s1. The van der Waals surface area contributed by atoms with Crippen LogP contribution in [-0.2, 0) is 19.2 Å². The van der Waals surface area contributed by atoms with Crippen LogP contribution in [0.3, 0.4) is 0 Å². The second kappa shape index (κ2) is 11.3. The molecule has 4 heterocycles. The maximum Gasteiger partial charge on any atom is 0.322 e. The van der Waals surface area contributed by atoms with Crippen LogP contribution >= 0.6 is 35.1 Å². The van der Waals surface area contributed by atoms with Gasteiger partial charge in [0, 0.05) is 36.2 Å². The third-order valence-corrected chi connectivity index (χ3v) is 9.86. The Morgan fingerprint density at radius 3 is 2.87 bits per heavy atom. The number of hydrogen-bond donors (Lipinski definition) is 3. The van der Waals surface area contributed by atoms with E-state index in [1.165, 1.54) is 16.7 Å². The molecule has 12 nitrogen and oxygen atoms in total. The van der Waals surface area contributed by atoms with Gasteiger partial charge in [0.2, 0.25) is 17.4 Å². The molecule has 5 rings (SSSR count). The Morgan fingerprint density at radius 1 is 1.37 bits per heavy atom. The van der Waals surface area contributed by atoms with E-state index in [9.17, 15) is 19.5 Å². The lowest BCUT2D eigenvalue weighted by Gasteiger charge is -2.53. The second-order valence-electron chi connectivity index (χ2n) is 9.03. The first-order valence-electron chi connectivity index (χ1n) is 11.9. The number of carboxylic acids is 1. The van der Waals surface area contributed by atoms with Crippen molar-refractivity contribution in [3.05, 3.63) is 41.3 Å². The number of carboxylic acid groups (broad SMARTS) is 1. The third kappa shape index (κ3) is 5.49. The van der Waals surface area contributed by atoms with Crippen LogP contribution in [0.15, 0.2) is 35.1 Å². The highest BCUT2D eigenvalue weighted by Gasteiger charge is 2.57. The number of carbonyl (C=O) groups excluding carboxylic acids is 2. The number of nitrogens with two attached hydrogens (primary N) is 1. The Bertz CT molecular complexity index is 1270. The number of fused-ring (bicyclic) bond motifs is 1. The number of aliphatic carboxylic acids is 1. The zero-order valence-electron chi connectivity index (χ0n) is 20.1. The van der Waals surface area contributed by atoms with Crippen LogP contribution in [0.5, 0.6) is 0 Å². The molecule has 2 amide bonds. The summed E-state index contributed by atoms with van der Waals surface area (Å²) in [7, 11) is 0. The molecule has 2 aliphatic heterocycles. The predicted octanol–water partition coefficient (Wildman–Crippen LogP) is 1.81. The largest absolute Gasteiger partial charge is 0.480 e. The number of aromatic nitrogens is 3. The molecule has 15 heteroatoms. The molecule has 3 aliphatic rings. The van der Waals surface area contributed by atoms with E-state index in [4.69, 9.17) is 10.6 Å². The molecule has 2 unspecified atom stereocenters. The molecule has 2 aromatic heterocycles. The van der Waals surface area contributed by atoms with Gasteiger partial charge in [0.25, 0.3) is 5.91 Å². The number of carbonyl (C=O) groups is 3. The summed E-state index contributed by atoms with van der Waals surface area (Å²) in [5, 5.41) is 18.3. The van der Waals surface area contributed by atoms with E-state index in [1.807, 2.05) is 6.07 Å². The average Bonchev–Trinajstić information content (AvgIpc) is 3.60. The summed E-state index contributed by atoms with van der Waals surface area (Å²) in [6, 6.07) is 2.83. The number of β-lactam (4-membered cyclic amide) rings is 1. The minimum atomic E-state index is -1.21. The van der Waals surface area contributed by atoms with Crippen molar-refractivity contribution in [2.24, 2.45) is 5.16 Å². The highest BCUT2D eigenvalue weighted by atomic mass is 32.2. The van der Waals surface area contributed by atoms with Crippen LogP contribution in [0.4, 0.5) is 5.13 Å². The predicted molar refractivity (Wildman–Crippen MR) is 145 cm³/mol. The molecule has 2 saturated heterocycles. The SMILES string of the molecule is Nc1nc(C(=NOC2CCCC2)C(=O)NC2C(=O)N3CC(SC=Cc4cccnc4)(C(=O)O)CS[C@H]23)ns1. The first-order chi connectivity index (χ1) is 18.4. The molecule has 200 valence electrons. The molecular weight excluding hydrogens is 550 g/mol. The number of nitrogens with zero attached hydrogens (tertiary/aromatic N) is 5. The summed E-state index contributed by atoms with van der Waals surface area (Å²) in [5.41, 5.74) is 6.39. The molecule has 2 aromatic rings. The number of thioether (sulfide) groups is 2. The lowest BCUT2D eigenvalue weighted by atomic mass is 10.0. The van der Waals surface area contributed by atoms with Crippen molar-refractivity contribution in [3.8, 4) is 0 Å². The van der Waals surface area contributed by atoms with Gasteiger partial charge in [-0.05, 0) is 48.8 Å². The lowest BCUT2D eigenvalue weighted by Crippen LogP contribution is -2.74.